The van der Waals surface area contributed by atoms with Gasteiger partial charge in [0.25, 0.3) is 0 Å². The van der Waals surface area contributed by atoms with Crippen LogP contribution < -0.4 is 15.5 Å². The average Bonchev–Trinajstić information content (AvgIpc) is 3.23. The van der Waals surface area contributed by atoms with Crippen molar-refractivity contribution in [3.8, 4) is 17.1 Å². The standard InChI is InChI=1S/C24H30F3N5O2S/c1-15(2)28-23-30-19(13-35-23)18-12-20(33)17-4-5-21(16(3)22(17)29-18)34-11-10-31-6-8-32(9-7-31)14-24(25,26)27/h4-5,12-13,15H,6-11,14H2,1-3H3,(H,28,30)(H,29,33). The van der Waals surface area contributed by atoms with Crippen molar-refractivity contribution in [1.29, 1.82) is 0 Å². The molecule has 7 nitrogen and oxygen atoms in total. The van der Waals surface area contributed by atoms with E-state index in [-0.39, 0.29) is 11.5 Å². The first-order valence-corrected chi connectivity index (χ1v) is 12.5. The largest absolute Gasteiger partial charge is 0.492 e. The number of fused-ring (bicyclic) bond motifs is 1. The van der Waals surface area contributed by atoms with Crippen molar-refractivity contribution in [3.05, 3.63) is 39.4 Å². The molecule has 0 spiro atoms. The first kappa shape index (κ1) is 25.5. The topological polar surface area (TPSA) is 73.5 Å². The van der Waals surface area contributed by atoms with E-state index in [0.29, 0.717) is 67.4 Å². The summed E-state index contributed by atoms with van der Waals surface area (Å²) in [6.07, 6.45) is -4.16. The van der Waals surface area contributed by atoms with Crippen molar-refractivity contribution in [3.63, 3.8) is 0 Å². The van der Waals surface area contributed by atoms with Crippen molar-refractivity contribution in [1.82, 2.24) is 19.8 Å². The number of benzene rings is 1. The number of hydrogen-bond donors (Lipinski definition) is 2. The van der Waals surface area contributed by atoms with Crippen LogP contribution in [-0.2, 0) is 0 Å². The van der Waals surface area contributed by atoms with E-state index in [4.69, 9.17) is 4.74 Å². The van der Waals surface area contributed by atoms with E-state index >= 15 is 0 Å². The van der Waals surface area contributed by atoms with Gasteiger partial charge < -0.3 is 15.0 Å². The maximum absolute atomic E-state index is 12.8. The number of ether oxygens (including phenoxy) is 1. The van der Waals surface area contributed by atoms with Crippen LogP contribution in [0.3, 0.4) is 0 Å². The van der Waals surface area contributed by atoms with E-state index in [1.54, 1.807) is 18.2 Å². The summed E-state index contributed by atoms with van der Waals surface area (Å²) in [7, 11) is 0. The molecule has 1 aliphatic heterocycles. The number of pyridine rings is 1. The maximum Gasteiger partial charge on any atom is 0.401 e. The maximum atomic E-state index is 12.8. The van der Waals surface area contributed by atoms with E-state index in [2.05, 4.69) is 20.2 Å². The van der Waals surface area contributed by atoms with Gasteiger partial charge in [0, 0.05) is 61.2 Å². The van der Waals surface area contributed by atoms with Crippen LogP contribution in [0.1, 0.15) is 19.4 Å². The quantitative estimate of drug-likeness (QED) is 0.471. The van der Waals surface area contributed by atoms with Crippen molar-refractivity contribution in [2.24, 2.45) is 0 Å². The summed E-state index contributed by atoms with van der Waals surface area (Å²) in [6, 6.07) is 5.37. The Morgan fingerprint density at radius 1 is 1.20 bits per heavy atom. The van der Waals surface area contributed by atoms with Gasteiger partial charge in [0.2, 0.25) is 0 Å². The third-order valence-electron chi connectivity index (χ3n) is 5.94. The second-order valence-corrected chi connectivity index (χ2v) is 9.93. The molecule has 4 rings (SSSR count). The normalized spacial score (nSPS) is 15.7. The minimum absolute atomic E-state index is 0.0912. The van der Waals surface area contributed by atoms with Gasteiger partial charge in [-0.05, 0) is 32.9 Å². The Morgan fingerprint density at radius 2 is 1.91 bits per heavy atom. The summed E-state index contributed by atoms with van der Waals surface area (Å²) in [5.74, 6) is 0.668. The van der Waals surface area contributed by atoms with Gasteiger partial charge in [-0.15, -0.1) is 11.3 Å². The molecule has 11 heteroatoms. The molecule has 3 aromatic rings. The summed E-state index contributed by atoms with van der Waals surface area (Å²) < 4.78 is 43.7. The van der Waals surface area contributed by atoms with Crippen molar-refractivity contribution in [2.45, 2.75) is 33.0 Å². The number of anilines is 1. The number of H-pyrrole nitrogens is 1. The molecule has 3 heterocycles. The van der Waals surface area contributed by atoms with Gasteiger partial charge in [-0.2, -0.15) is 13.2 Å². The second-order valence-electron chi connectivity index (χ2n) is 9.08. The average molecular weight is 510 g/mol. The third kappa shape index (κ3) is 6.53. The van der Waals surface area contributed by atoms with Crippen LogP contribution in [-0.4, -0.2) is 77.9 Å². The Morgan fingerprint density at radius 3 is 2.60 bits per heavy atom. The molecule has 0 atom stereocenters. The fourth-order valence-electron chi connectivity index (χ4n) is 4.15. The summed E-state index contributed by atoms with van der Waals surface area (Å²) in [4.78, 5) is 24.2. The number of aryl methyl sites for hydroxylation is 1. The molecular weight excluding hydrogens is 479 g/mol. The highest BCUT2D eigenvalue weighted by Gasteiger charge is 2.32. The highest BCUT2D eigenvalue weighted by Crippen LogP contribution is 2.28. The zero-order valence-electron chi connectivity index (χ0n) is 20.0. The molecule has 1 saturated heterocycles. The first-order valence-electron chi connectivity index (χ1n) is 11.6. The van der Waals surface area contributed by atoms with E-state index in [1.807, 2.05) is 26.2 Å². The van der Waals surface area contributed by atoms with E-state index in [0.717, 1.165) is 10.7 Å². The number of nitrogens with one attached hydrogen (secondary N) is 2. The van der Waals surface area contributed by atoms with Crippen LogP contribution in [0.15, 0.2) is 28.4 Å². The smallest absolute Gasteiger partial charge is 0.401 e. The molecule has 0 amide bonds. The number of piperazine rings is 1. The number of nitrogens with zero attached hydrogens (tertiary/aromatic N) is 3. The lowest BCUT2D eigenvalue weighted by molar-refractivity contribution is -0.149. The van der Waals surface area contributed by atoms with E-state index in [1.165, 1.54) is 16.2 Å². The number of aromatic nitrogens is 2. The van der Waals surface area contributed by atoms with Gasteiger partial charge >= 0.3 is 6.18 Å². The van der Waals surface area contributed by atoms with Crippen LogP contribution in [0, 0.1) is 6.92 Å². The minimum Gasteiger partial charge on any atom is -0.492 e. The Hall–Kier alpha value is -2.63. The predicted molar refractivity (Wildman–Crippen MR) is 134 cm³/mol. The SMILES string of the molecule is Cc1c(OCCN2CCN(CC(F)(F)F)CC2)ccc2c(=O)cc(-c3csc(NC(C)C)n3)[nH]c12. The number of hydrogen-bond acceptors (Lipinski definition) is 7. The third-order valence-corrected chi connectivity index (χ3v) is 6.71. The molecule has 1 aromatic carbocycles. The highest BCUT2D eigenvalue weighted by molar-refractivity contribution is 7.14. The predicted octanol–water partition coefficient (Wildman–Crippen LogP) is 4.34. The molecule has 0 aliphatic carbocycles. The van der Waals surface area contributed by atoms with Gasteiger partial charge in [-0.25, -0.2) is 4.98 Å². The summed E-state index contributed by atoms with van der Waals surface area (Å²) in [5.41, 5.74) is 2.79. The van der Waals surface area contributed by atoms with E-state index in [9.17, 15) is 18.0 Å². The summed E-state index contributed by atoms with van der Waals surface area (Å²) in [5, 5.41) is 6.55. The van der Waals surface area contributed by atoms with Crippen LogP contribution >= 0.6 is 11.3 Å². The molecule has 1 aliphatic rings. The summed E-state index contributed by atoms with van der Waals surface area (Å²) >= 11 is 1.49. The number of aromatic amines is 1. The number of thiazole rings is 1. The van der Waals surface area contributed by atoms with Crippen LogP contribution in [0.5, 0.6) is 5.75 Å². The Labute approximate surface area is 205 Å². The van der Waals surface area contributed by atoms with Crippen molar-refractivity contribution in [2.75, 3.05) is 51.2 Å². The molecule has 2 N–H and O–H groups in total. The van der Waals surface area contributed by atoms with Crippen molar-refractivity contribution < 1.29 is 17.9 Å². The minimum atomic E-state index is -4.16. The Bertz CT molecular complexity index is 1220. The van der Waals surface area contributed by atoms with Crippen LogP contribution in [0.25, 0.3) is 22.3 Å². The highest BCUT2D eigenvalue weighted by atomic mass is 32.1. The molecule has 0 saturated carbocycles. The molecule has 0 unspecified atom stereocenters. The molecule has 0 radical (unpaired) electrons. The summed E-state index contributed by atoms with van der Waals surface area (Å²) in [6.45, 7) is 8.10. The van der Waals surface area contributed by atoms with Gasteiger partial charge in [0.05, 0.1) is 23.4 Å². The molecule has 35 heavy (non-hydrogen) atoms. The number of halogens is 3. The Balaban J connectivity index is 1.42. The van der Waals surface area contributed by atoms with Gasteiger partial charge in [-0.3, -0.25) is 14.6 Å². The number of alkyl halides is 3. The van der Waals surface area contributed by atoms with Gasteiger partial charge in [-0.1, -0.05) is 0 Å². The van der Waals surface area contributed by atoms with Gasteiger partial charge in [0.1, 0.15) is 12.4 Å². The van der Waals surface area contributed by atoms with Crippen LogP contribution in [0.4, 0.5) is 18.3 Å². The monoisotopic (exact) mass is 509 g/mol. The second kappa shape index (κ2) is 10.5. The van der Waals surface area contributed by atoms with Gasteiger partial charge in [0.15, 0.2) is 10.6 Å². The zero-order valence-corrected chi connectivity index (χ0v) is 20.9. The molecule has 0 bridgehead atoms. The van der Waals surface area contributed by atoms with Crippen LogP contribution in [0.2, 0.25) is 0 Å². The lowest BCUT2D eigenvalue weighted by atomic mass is 10.1. The number of rotatable bonds is 8. The molecule has 2 aromatic heterocycles. The lowest BCUT2D eigenvalue weighted by Gasteiger charge is -2.34. The molecular formula is C24H30F3N5O2S. The fourth-order valence-corrected chi connectivity index (χ4v) is 5.01. The van der Waals surface area contributed by atoms with Crippen molar-refractivity contribution >= 4 is 27.4 Å². The van der Waals surface area contributed by atoms with E-state index < -0.39 is 12.7 Å². The molecule has 1 fully saturated rings. The molecule has 190 valence electrons. The zero-order chi connectivity index (χ0) is 25.2. The fraction of sp³-hybridized carbons (Fsp3) is 0.500. The lowest BCUT2D eigenvalue weighted by Crippen LogP contribution is -2.49. The Kier molecular flexibility index (Phi) is 7.67. The first-order chi connectivity index (χ1) is 16.6.